The first-order chi connectivity index (χ1) is 15.0. The summed E-state index contributed by atoms with van der Waals surface area (Å²) in [7, 11) is 0. The minimum absolute atomic E-state index is 0. The van der Waals surface area contributed by atoms with E-state index in [9.17, 15) is 10.2 Å². The maximum Gasteiger partial charge on any atom is 0.0600 e. The van der Waals surface area contributed by atoms with Gasteiger partial charge in [0.2, 0.25) is 0 Å². The van der Waals surface area contributed by atoms with Gasteiger partial charge in [0.05, 0.1) is 17.7 Å². The van der Waals surface area contributed by atoms with Crippen LogP contribution < -0.4 is 0 Å². The van der Waals surface area contributed by atoms with Crippen molar-refractivity contribution in [1.82, 2.24) is 4.98 Å². The Morgan fingerprint density at radius 2 is 1.59 bits per heavy atom. The van der Waals surface area contributed by atoms with Gasteiger partial charge in [0.15, 0.2) is 0 Å². The first kappa shape index (κ1) is 25.0. The number of nitrogens with zero attached hydrogens (tertiary/aromatic N) is 1. The molecule has 0 amide bonds. The zero-order valence-corrected chi connectivity index (χ0v) is 21.4. The number of aryl methyl sites for hydroxylation is 2. The van der Waals surface area contributed by atoms with Gasteiger partial charge in [0, 0.05) is 31.4 Å². The Morgan fingerprint density at radius 3 is 2.34 bits per heavy atom. The summed E-state index contributed by atoms with van der Waals surface area (Å²) in [4.78, 5) is 4.74. The van der Waals surface area contributed by atoms with Gasteiger partial charge in [-0.05, 0) is 68.3 Å². The molecule has 4 atom stereocenters. The second-order valence-corrected chi connectivity index (χ2v) is 9.31. The summed E-state index contributed by atoms with van der Waals surface area (Å²) in [5.41, 5.74) is 5.61. The van der Waals surface area contributed by atoms with Crippen molar-refractivity contribution in [3.05, 3.63) is 65.7 Å². The van der Waals surface area contributed by atoms with Crippen LogP contribution in [-0.2, 0) is 20.1 Å². The minimum Gasteiger partial charge on any atom is -0.393 e. The SMILES string of the molecule is Cc1cc(C)c2ccc(-c3[c-]cccc3)nc2c1.OC1CCCCC2CCCC(O)C12.[Ir]. The van der Waals surface area contributed by atoms with Crippen molar-refractivity contribution in [2.75, 3.05) is 0 Å². The first-order valence-electron chi connectivity index (χ1n) is 11.7. The molecular weight excluding hydrogens is 575 g/mol. The van der Waals surface area contributed by atoms with Crippen LogP contribution >= 0.6 is 0 Å². The van der Waals surface area contributed by atoms with Crippen LogP contribution in [0.1, 0.15) is 56.1 Å². The third-order valence-electron chi connectivity index (χ3n) is 6.98. The maximum atomic E-state index is 9.89. The molecular formula is C28H34IrNO2-. The summed E-state index contributed by atoms with van der Waals surface area (Å²) >= 11 is 0. The molecule has 0 bridgehead atoms. The van der Waals surface area contributed by atoms with Crippen LogP contribution in [0.3, 0.4) is 0 Å². The predicted octanol–water partition coefficient (Wildman–Crippen LogP) is 6.01. The molecule has 2 aliphatic carbocycles. The molecule has 3 aromatic rings. The summed E-state index contributed by atoms with van der Waals surface area (Å²) in [5.74, 6) is 0.789. The number of hydrogen-bond acceptors (Lipinski definition) is 3. The summed E-state index contributed by atoms with van der Waals surface area (Å²) in [6.45, 7) is 4.24. The van der Waals surface area contributed by atoms with Crippen molar-refractivity contribution in [2.45, 2.75) is 71.0 Å². The van der Waals surface area contributed by atoms with Crippen molar-refractivity contribution in [2.24, 2.45) is 11.8 Å². The second kappa shape index (κ2) is 11.5. The molecule has 2 saturated carbocycles. The van der Waals surface area contributed by atoms with E-state index in [1.165, 1.54) is 35.8 Å². The van der Waals surface area contributed by atoms with Crippen molar-refractivity contribution in [3.63, 3.8) is 0 Å². The monoisotopic (exact) mass is 609 g/mol. The number of aromatic nitrogens is 1. The molecule has 5 rings (SSSR count). The largest absolute Gasteiger partial charge is 0.393 e. The molecule has 2 aromatic carbocycles. The van der Waals surface area contributed by atoms with Crippen LogP contribution in [0.15, 0.2) is 48.5 Å². The zero-order chi connectivity index (χ0) is 21.8. The molecule has 1 radical (unpaired) electrons. The fourth-order valence-corrected chi connectivity index (χ4v) is 5.45. The van der Waals surface area contributed by atoms with Crippen LogP contribution in [0.25, 0.3) is 22.2 Å². The van der Waals surface area contributed by atoms with E-state index in [-0.39, 0.29) is 38.2 Å². The standard InChI is InChI=1S/C17H14N.C11H20O2.Ir/c1-12-10-13(2)15-8-9-16(18-17(15)11-12)14-6-4-3-5-7-14;12-9-6-2-1-4-8-5-3-7-10(13)11(8)9;/h3-6,8-11H,1-2H3;8-13H,1-7H2;/q-1;;. The Labute approximate surface area is 205 Å². The molecule has 32 heavy (non-hydrogen) atoms. The normalized spacial score (nSPS) is 25.0. The number of hydrogen-bond donors (Lipinski definition) is 2. The van der Waals surface area contributed by atoms with Gasteiger partial charge in [0.25, 0.3) is 0 Å². The number of aliphatic hydroxyl groups excluding tert-OH is 2. The Kier molecular flexibility index (Phi) is 9.02. The number of fused-ring (bicyclic) bond motifs is 2. The molecule has 2 N–H and O–H groups in total. The molecule has 0 spiro atoms. The smallest absolute Gasteiger partial charge is 0.0600 e. The van der Waals surface area contributed by atoms with E-state index in [0.717, 1.165) is 42.5 Å². The van der Waals surface area contributed by atoms with Crippen LogP contribution in [-0.4, -0.2) is 27.4 Å². The molecule has 3 nitrogen and oxygen atoms in total. The van der Waals surface area contributed by atoms with Gasteiger partial charge in [-0.1, -0.05) is 37.5 Å². The number of benzene rings is 2. The fraction of sp³-hybridized carbons (Fsp3) is 0.464. The molecule has 0 saturated heterocycles. The molecule has 2 aliphatic rings. The third-order valence-corrected chi connectivity index (χ3v) is 6.98. The van der Waals surface area contributed by atoms with Gasteiger partial charge >= 0.3 is 0 Å². The molecule has 173 valence electrons. The molecule has 4 unspecified atom stereocenters. The fourth-order valence-electron chi connectivity index (χ4n) is 5.45. The Hall–Kier alpha value is -1.58. The van der Waals surface area contributed by atoms with Crippen LogP contribution in [0.2, 0.25) is 0 Å². The summed E-state index contributed by atoms with van der Waals surface area (Å²) in [6, 6.07) is 19.7. The van der Waals surface area contributed by atoms with Crippen LogP contribution in [0.5, 0.6) is 0 Å². The van der Waals surface area contributed by atoms with Crippen molar-refractivity contribution >= 4 is 10.9 Å². The minimum atomic E-state index is -0.234. The average Bonchev–Trinajstić information content (AvgIpc) is 2.96. The summed E-state index contributed by atoms with van der Waals surface area (Å²) in [6.07, 6.45) is 7.31. The Morgan fingerprint density at radius 1 is 0.875 bits per heavy atom. The van der Waals surface area contributed by atoms with E-state index in [2.05, 4.69) is 44.2 Å². The summed E-state index contributed by atoms with van der Waals surface area (Å²) < 4.78 is 0. The third kappa shape index (κ3) is 5.85. The zero-order valence-electron chi connectivity index (χ0n) is 19.1. The Balaban J connectivity index is 0.000000184. The van der Waals surface area contributed by atoms with Gasteiger partial charge in [-0.2, -0.15) is 0 Å². The van der Waals surface area contributed by atoms with E-state index in [4.69, 9.17) is 4.98 Å². The van der Waals surface area contributed by atoms with E-state index >= 15 is 0 Å². The van der Waals surface area contributed by atoms with Gasteiger partial charge in [-0.15, -0.1) is 35.9 Å². The maximum absolute atomic E-state index is 9.89. The second-order valence-electron chi connectivity index (χ2n) is 9.31. The molecule has 1 heterocycles. The van der Waals surface area contributed by atoms with E-state index < -0.39 is 0 Å². The van der Waals surface area contributed by atoms with Gasteiger partial charge in [0.1, 0.15) is 0 Å². The molecule has 1 aromatic heterocycles. The first-order valence-corrected chi connectivity index (χ1v) is 11.7. The van der Waals surface area contributed by atoms with Crippen molar-refractivity contribution in [1.29, 1.82) is 0 Å². The molecule has 2 fully saturated rings. The molecule has 0 aliphatic heterocycles. The predicted molar refractivity (Wildman–Crippen MR) is 127 cm³/mol. The topological polar surface area (TPSA) is 53.4 Å². The van der Waals surface area contributed by atoms with Crippen molar-refractivity contribution in [3.8, 4) is 11.3 Å². The van der Waals surface area contributed by atoms with Crippen LogP contribution in [0, 0.1) is 31.7 Å². The molecule has 4 heteroatoms. The van der Waals surface area contributed by atoms with E-state index in [0.29, 0.717) is 5.92 Å². The van der Waals surface area contributed by atoms with Gasteiger partial charge in [-0.3, -0.25) is 4.98 Å². The number of rotatable bonds is 1. The van der Waals surface area contributed by atoms with Gasteiger partial charge < -0.3 is 10.2 Å². The Bertz CT molecular complexity index is 1010. The van der Waals surface area contributed by atoms with Crippen molar-refractivity contribution < 1.29 is 30.3 Å². The quantitative estimate of drug-likeness (QED) is 0.333. The van der Waals surface area contributed by atoms with E-state index in [1.807, 2.05) is 24.3 Å². The number of pyridine rings is 1. The number of aliphatic hydroxyl groups is 2. The van der Waals surface area contributed by atoms with Crippen LogP contribution in [0.4, 0.5) is 0 Å². The summed E-state index contributed by atoms with van der Waals surface area (Å²) in [5, 5.41) is 21.0. The van der Waals surface area contributed by atoms with E-state index in [1.54, 1.807) is 0 Å². The van der Waals surface area contributed by atoms with Gasteiger partial charge in [-0.25, -0.2) is 0 Å². The average molecular weight is 609 g/mol.